The van der Waals surface area contributed by atoms with E-state index in [2.05, 4.69) is 25.4 Å². The quantitative estimate of drug-likeness (QED) is 0.387. The molecule has 0 aliphatic carbocycles. The normalized spacial score (nSPS) is 15.6. The van der Waals surface area contributed by atoms with E-state index in [-0.39, 0.29) is 16.7 Å². The highest BCUT2D eigenvalue weighted by Crippen LogP contribution is 2.34. The fourth-order valence-corrected chi connectivity index (χ4v) is 7.26. The number of aryl methyl sites for hydroxylation is 2. The van der Waals surface area contributed by atoms with Crippen molar-refractivity contribution in [1.29, 1.82) is 0 Å². The van der Waals surface area contributed by atoms with Gasteiger partial charge in [0.15, 0.2) is 0 Å². The molecule has 1 aliphatic heterocycles. The van der Waals surface area contributed by atoms with Crippen LogP contribution in [0, 0.1) is 19.8 Å². The zero-order chi connectivity index (χ0) is 24.6. The van der Waals surface area contributed by atoms with Crippen molar-refractivity contribution in [1.82, 2.24) is 29.7 Å². The average Bonchev–Trinajstić information content (AvgIpc) is 3.57. The Morgan fingerprint density at radius 2 is 2.00 bits per heavy atom. The zero-order valence-electron chi connectivity index (χ0n) is 19.4. The first-order valence-electron chi connectivity index (χ1n) is 11.4. The van der Waals surface area contributed by atoms with Gasteiger partial charge in [0.2, 0.25) is 27.6 Å². The Morgan fingerprint density at radius 3 is 2.71 bits per heavy atom. The highest BCUT2D eigenvalue weighted by atomic mass is 32.2. The zero-order valence-corrected chi connectivity index (χ0v) is 21.1. The van der Waals surface area contributed by atoms with Gasteiger partial charge in [0, 0.05) is 43.8 Å². The second-order valence-corrected chi connectivity index (χ2v) is 11.8. The number of rotatable bonds is 7. The second kappa shape index (κ2) is 9.51. The number of aromatic nitrogens is 4. The molecule has 0 bridgehead atoms. The summed E-state index contributed by atoms with van der Waals surface area (Å²) in [6, 6.07) is 9.41. The minimum Gasteiger partial charge on any atom is -0.355 e. The Kier molecular flexibility index (Phi) is 6.43. The summed E-state index contributed by atoms with van der Waals surface area (Å²) >= 11 is 1.32. The number of H-pyrrole nitrogens is 1. The monoisotopic (exact) mass is 514 g/mol. The standard InChI is InChI=1S/C23H26N6O4S2/c1-14-20(13-19(34-14)22-25-15(2)33-28-22)35(31,32)29-11-8-16(9-12-29)23(30)24-10-7-21-26-17-5-3-4-6-18(17)27-21/h3-6,13,16H,7-12H2,1-2H3,(H,24,30)(H,26,27). The Morgan fingerprint density at radius 1 is 1.23 bits per heavy atom. The van der Waals surface area contributed by atoms with E-state index in [4.69, 9.17) is 4.52 Å². The number of imidazole rings is 1. The molecule has 1 amide bonds. The number of para-hydroxylation sites is 2. The molecule has 12 heteroatoms. The van der Waals surface area contributed by atoms with Gasteiger partial charge in [0.1, 0.15) is 5.82 Å². The number of benzene rings is 1. The van der Waals surface area contributed by atoms with Crippen LogP contribution in [0.4, 0.5) is 0 Å². The van der Waals surface area contributed by atoms with Crippen LogP contribution in [0.1, 0.15) is 29.4 Å². The predicted molar refractivity (Wildman–Crippen MR) is 131 cm³/mol. The molecular weight excluding hydrogens is 488 g/mol. The maximum Gasteiger partial charge on any atom is 0.244 e. The van der Waals surface area contributed by atoms with E-state index in [0.717, 1.165) is 16.9 Å². The minimum absolute atomic E-state index is 0.0420. The molecule has 0 spiro atoms. The lowest BCUT2D eigenvalue weighted by atomic mass is 9.97. The summed E-state index contributed by atoms with van der Waals surface area (Å²) in [5.41, 5.74) is 1.88. The van der Waals surface area contributed by atoms with Crippen molar-refractivity contribution in [2.45, 2.75) is 38.0 Å². The lowest BCUT2D eigenvalue weighted by Crippen LogP contribution is -2.43. The van der Waals surface area contributed by atoms with Crippen LogP contribution in [0.3, 0.4) is 0 Å². The molecule has 4 aromatic rings. The molecule has 0 radical (unpaired) electrons. The highest BCUT2D eigenvalue weighted by Gasteiger charge is 2.34. The summed E-state index contributed by atoms with van der Waals surface area (Å²) in [6.45, 7) is 4.54. The first-order chi connectivity index (χ1) is 16.8. The molecule has 3 aromatic heterocycles. The fourth-order valence-electron chi connectivity index (χ4n) is 4.30. The third kappa shape index (κ3) is 4.86. The first kappa shape index (κ1) is 23.6. The van der Waals surface area contributed by atoms with Gasteiger partial charge in [-0.15, -0.1) is 11.3 Å². The molecule has 1 saturated heterocycles. The summed E-state index contributed by atoms with van der Waals surface area (Å²) in [5.74, 6) is 1.38. The Balaban J connectivity index is 1.16. The number of sulfonamides is 1. The number of fused-ring (bicyclic) bond motifs is 1. The lowest BCUT2D eigenvalue weighted by Gasteiger charge is -2.30. The van der Waals surface area contributed by atoms with Crippen LogP contribution in [0.25, 0.3) is 21.7 Å². The average molecular weight is 515 g/mol. The van der Waals surface area contributed by atoms with Crippen LogP contribution in [0.5, 0.6) is 0 Å². The fraction of sp³-hybridized carbons (Fsp3) is 0.391. The number of amides is 1. The number of aromatic amines is 1. The van der Waals surface area contributed by atoms with Gasteiger partial charge >= 0.3 is 0 Å². The van der Waals surface area contributed by atoms with Crippen LogP contribution in [0.2, 0.25) is 0 Å². The lowest BCUT2D eigenvalue weighted by molar-refractivity contribution is -0.126. The summed E-state index contributed by atoms with van der Waals surface area (Å²) in [4.78, 5) is 26.2. The van der Waals surface area contributed by atoms with Crippen molar-refractivity contribution < 1.29 is 17.7 Å². The van der Waals surface area contributed by atoms with Gasteiger partial charge in [-0.25, -0.2) is 13.4 Å². The molecule has 0 unspecified atom stereocenters. The van der Waals surface area contributed by atoms with Gasteiger partial charge < -0.3 is 14.8 Å². The van der Waals surface area contributed by atoms with Crippen molar-refractivity contribution >= 4 is 38.3 Å². The Labute approximate surface area is 206 Å². The van der Waals surface area contributed by atoms with Crippen molar-refractivity contribution in [3.63, 3.8) is 0 Å². The smallest absolute Gasteiger partial charge is 0.244 e. The van der Waals surface area contributed by atoms with Gasteiger partial charge in [-0.1, -0.05) is 17.3 Å². The summed E-state index contributed by atoms with van der Waals surface area (Å²) in [6.07, 6.45) is 1.57. The molecule has 4 heterocycles. The maximum absolute atomic E-state index is 13.3. The molecule has 184 valence electrons. The first-order valence-corrected chi connectivity index (χ1v) is 13.7. The van der Waals surface area contributed by atoms with E-state index in [1.165, 1.54) is 15.6 Å². The van der Waals surface area contributed by atoms with E-state index < -0.39 is 10.0 Å². The van der Waals surface area contributed by atoms with Gasteiger partial charge in [-0.2, -0.15) is 9.29 Å². The maximum atomic E-state index is 13.3. The van der Waals surface area contributed by atoms with Crippen LogP contribution >= 0.6 is 11.3 Å². The van der Waals surface area contributed by atoms with Crippen molar-refractivity contribution in [3.05, 3.63) is 46.9 Å². The number of piperidine rings is 1. The molecule has 5 rings (SSSR count). The minimum atomic E-state index is -3.67. The summed E-state index contributed by atoms with van der Waals surface area (Å²) < 4.78 is 33.1. The molecule has 10 nitrogen and oxygen atoms in total. The largest absolute Gasteiger partial charge is 0.355 e. The van der Waals surface area contributed by atoms with Crippen LogP contribution in [-0.4, -0.2) is 58.4 Å². The third-order valence-electron chi connectivity index (χ3n) is 6.16. The second-order valence-electron chi connectivity index (χ2n) is 8.59. The molecular formula is C23H26N6O4S2. The molecule has 0 saturated carbocycles. The van der Waals surface area contributed by atoms with Crippen LogP contribution in [-0.2, 0) is 21.2 Å². The number of nitrogens with one attached hydrogen (secondary N) is 2. The number of hydrogen-bond acceptors (Lipinski definition) is 8. The molecule has 1 aliphatic rings. The number of carbonyl (C=O) groups excluding carboxylic acids is 1. The molecule has 35 heavy (non-hydrogen) atoms. The van der Waals surface area contributed by atoms with Gasteiger partial charge in [0.05, 0.1) is 20.8 Å². The predicted octanol–water partition coefficient (Wildman–Crippen LogP) is 3.05. The molecule has 1 fully saturated rings. The van der Waals surface area contributed by atoms with Crippen LogP contribution in [0.15, 0.2) is 39.8 Å². The van der Waals surface area contributed by atoms with Gasteiger partial charge in [-0.05, 0) is 38.0 Å². The molecule has 2 N–H and O–H groups in total. The Hall–Kier alpha value is -3.09. The highest BCUT2D eigenvalue weighted by molar-refractivity contribution is 7.89. The summed E-state index contributed by atoms with van der Waals surface area (Å²) in [5, 5.41) is 6.86. The summed E-state index contributed by atoms with van der Waals surface area (Å²) in [7, 11) is -3.67. The van der Waals surface area contributed by atoms with Crippen LogP contribution < -0.4 is 5.32 Å². The number of thiophene rings is 1. The van der Waals surface area contributed by atoms with E-state index in [0.29, 0.717) is 60.4 Å². The topological polar surface area (TPSA) is 134 Å². The number of nitrogens with zero attached hydrogens (tertiary/aromatic N) is 4. The molecule has 1 aromatic carbocycles. The van der Waals surface area contributed by atoms with Crippen molar-refractivity contribution in [2.75, 3.05) is 19.6 Å². The number of hydrogen-bond donors (Lipinski definition) is 2. The number of carbonyl (C=O) groups is 1. The van der Waals surface area contributed by atoms with E-state index in [1.54, 1.807) is 19.9 Å². The van der Waals surface area contributed by atoms with E-state index in [9.17, 15) is 13.2 Å². The van der Waals surface area contributed by atoms with Gasteiger partial charge in [0.25, 0.3) is 0 Å². The van der Waals surface area contributed by atoms with E-state index >= 15 is 0 Å². The van der Waals surface area contributed by atoms with Gasteiger partial charge in [-0.3, -0.25) is 4.79 Å². The third-order valence-corrected chi connectivity index (χ3v) is 9.36. The SMILES string of the molecule is Cc1nc(-c2cc(S(=O)(=O)N3CCC(C(=O)NCCc4nc5ccccc5[nH]4)CC3)c(C)s2)no1. The van der Waals surface area contributed by atoms with Crippen molar-refractivity contribution in [2.24, 2.45) is 5.92 Å². The van der Waals surface area contributed by atoms with Crippen molar-refractivity contribution in [3.8, 4) is 10.7 Å². The van der Waals surface area contributed by atoms with E-state index in [1.807, 2.05) is 24.3 Å². The molecule has 0 atom stereocenters. The Bertz CT molecular complexity index is 1430.